The summed E-state index contributed by atoms with van der Waals surface area (Å²) >= 11 is 7.33. The summed E-state index contributed by atoms with van der Waals surface area (Å²) in [5.74, 6) is 0.695. The maximum absolute atomic E-state index is 11.9. The molecule has 2 amide bonds. The van der Waals surface area contributed by atoms with Gasteiger partial charge in [0.15, 0.2) is 0 Å². The van der Waals surface area contributed by atoms with E-state index in [1.807, 2.05) is 31.2 Å². The number of halogens is 1. The van der Waals surface area contributed by atoms with E-state index in [9.17, 15) is 4.79 Å². The molecule has 0 saturated carbocycles. The first-order chi connectivity index (χ1) is 9.58. The van der Waals surface area contributed by atoms with Crippen LogP contribution in [0.15, 0.2) is 36.4 Å². The molecule has 0 aliphatic rings. The van der Waals surface area contributed by atoms with E-state index < -0.39 is 0 Å². The Morgan fingerprint density at radius 1 is 1.35 bits per heavy atom. The van der Waals surface area contributed by atoms with Crippen LogP contribution in [0, 0.1) is 0 Å². The molecule has 1 aromatic carbocycles. The molecule has 2 aromatic rings. The van der Waals surface area contributed by atoms with Crippen molar-refractivity contribution in [1.29, 1.82) is 0 Å². The average molecular weight is 311 g/mol. The Morgan fingerprint density at radius 2 is 2.15 bits per heavy atom. The van der Waals surface area contributed by atoms with Crippen molar-refractivity contribution in [3.8, 4) is 5.75 Å². The number of rotatable bonds is 4. The van der Waals surface area contributed by atoms with E-state index in [1.165, 1.54) is 11.3 Å². The molecule has 0 aliphatic heterocycles. The van der Waals surface area contributed by atoms with Crippen molar-refractivity contribution in [3.63, 3.8) is 0 Å². The van der Waals surface area contributed by atoms with E-state index in [2.05, 4.69) is 10.6 Å². The molecule has 6 heteroatoms. The smallest absolute Gasteiger partial charge is 0.319 e. The van der Waals surface area contributed by atoms with Gasteiger partial charge in [0.25, 0.3) is 0 Å². The summed E-state index contributed by atoms with van der Waals surface area (Å²) < 4.78 is 5.81. The number of hydrogen-bond acceptors (Lipinski definition) is 3. The molecule has 0 saturated heterocycles. The van der Waals surface area contributed by atoms with Crippen molar-refractivity contribution in [1.82, 2.24) is 5.32 Å². The van der Waals surface area contributed by atoms with Crippen LogP contribution in [0.3, 0.4) is 0 Å². The maximum atomic E-state index is 11.9. The number of anilines is 1. The molecule has 1 aromatic heterocycles. The molecule has 106 valence electrons. The third-order valence-electron chi connectivity index (χ3n) is 2.70. The molecule has 1 atom stereocenters. The van der Waals surface area contributed by atoms with Crippen LogP contribution < -0.4 is 15.4 Å². The summed E-state index contributed by atoms with van der Waals surface area (Å²) in [4.78, 5) is 12.9. The highest BCUT2D eigenvalue weighted by atomic mass is 35.5. The van der Waals surface area contributed by atoms with Gasteiger partial charge in [-0.1, -0.05) is 17.7 Å². The topological polar surface area (TPSA) is 50.4 Å². The molecule has 1 heterocycles. The van der Waals surface area contributed by atoms with Gasteiger partial charge in [0.1, 0.15) is 5.75 Å². The SMILES string of the molecule is COc1cccc(NC(=O)N[C@@H](C)c2ccc(Cl)s2)c1. The third-order valence-corrected chi connectivity index (χ3v) is 4.11. The minimum atomic E-state index is -0.268. The van der Waals surface area contributed by atoms with Gasteiger partial charge in [-0.25, -0.2) is 4.79 Å². The molecule has 0 spiro atoms. The highest BCUT2D eigenvalue weighted by molar-refractivity contribution is 7.16. The first kappa shape index (κ1) is 14.7. The van der Waals surface area contributed by atoms with Gasteiger partial charge in [0.2, 0.25) is 0 Å². The minimum Gasteiger partial charge on any atom is -0.497 e. The Hall–Kier alpha value is -1.72. The highest BCUT2D eigenvalue weighted by Gasteiger charge is 2.11. The van der Waals surface area contributed by atoms with Crippen LogP contribution in [-0.2, 0) is 0 Å². The van der Waals surface area contributed by atoms with Crippen molar-refractivity contribution >= 4 is 34.7 Å². The van der Waals surface area contributed by atoms with E-state index in [4.69, 9.17) is 16.3 Å². The number of hydrogen-bond donors (Lipinski definition) is 2. The summed E-state index contributed by atoms with van der Waals surface area (Å²) in [6.45, 7) is 1.91. The van der Waals surface area contributed by atoms with Crippen molar-refractivity contribution in [2.24, 2.45) is 0 Å². The van der Waals surface area contributed by atoms with E-state index in [0.29, 0.717) is 15.8 Å². The zero-order valence-corrected chi connectivity index (χ0v) is 12.7. The number of methoxy groups -OCH3 is 1. The summed E-state index contributed by atoms with van der Waals surface area (Å²) in [6.07, 6.45) is 0. The molecule has 4 nitrogen and oxygen atoms in total. The molecule has 20 heavy (non-hydrogen) atoms. The Labute approximate surface area is 126 Å². The average Bonchev–Trinajstić information content (AvgIpc) is 2.85. The Kier molecular flexibility index (Phi) is 4.87. The lowest BCUT2D eigenvalue weighted by atomic mass is 10.3. The number of carbonyl (C=O) groups is 1. The van der Waals surface area contributed by atoms with Crippen LogP contribution in [-0.4, -0.2) is 13.1 Å². The molecular weight excluding hydrogens is 296 g/mol. The molecule has 0 unspecified atom stereocenters. The van der Waals surface area contributed by atoms with Crippen LogP contribution in [0.4, 0.5) is 10.5 Å². The summed E-state index contributed by atoms with van der Waals surface area (Å²) in [7, 11) is 1.59. The molecule has 0 aliphatic carbocycles. The number of thiophene rings is 1. The lowest BCUT2D eigenvalue weighted by Gasteiger charge is -2.13. The number of nitrogens with one attached hydrogen (secondary N) is 2. The predicted molar refractivity (Wildman–Crippen MR) is 82.9 cm³/mol. The largest absolute Gasteiger partial charge is 0.497 e. The van der Waals surface area contributed by atoms with Crippen LogP contribution >= 0.6 is 22.9 Å². The first-order valence-electron chi connectivity index (χ1n) is 6.05. The number of carbonyl (C=O) groups excluding carboxylic acids is 1. The third kappa shape index (κ3) is 3.88. The van der Waals surface area contributed by atoms with Gasteiger partial charge in [0, 0.05) is 16.6 Å². The van der Waals surface area contributed by atoms with Crippen LogP contribution in [0.5, 0.6) is 5.75 Å². The van der Waals surface area contributed by atoms with Crippen LogP contribution in [0.1, 0.15) is 17.8 Å². The zero-order chi connectivity index (χ0) is 14.5. The van der Waals surface area contributed by atoms with E-state index in [-0.39, 0.29) is 12.1 Å². The maximum Gasteiger partial charge on any atom is 0.319 e. The molecule has 2 N–H and O–H groups in total. The molecule has 0 fully saturated rings. The Balaban J connectivity index is 1.95. The fourth-order valence-corrected chi connectivity index (χ4v) is 2.76. The van der Waals surface area contributed by atoms with Gasteiger partial charge >= 0.3 is 6.03 Å². The second-order valence-electron chi connectivity index (χ2n) is 4.19. The molecular formula is C14H15ClN2O2S. The normalized spacial score (nSPS) is 11.8. The van der Waals surface area contributed by atoms with Crippen molar-refractivity contribution in [2.75, 3.05) is 12.4 Å². The van der Waals surface area contributed by atoms with Gasteiger partial charge < -0.3 is 15.4 Å². The summed E-state index contributed by atoms with van der Waals surface area (Å²) in [5.41, 5.74) is 0.679. The molecule has 0 radical (unpaired) electrons. The lowest BCUT2D eigenvalue weighted by molar-refractivity contribution is 0.249. The number of urea groups is 1. The van der Waals surface area contributed by atoms with E-state index >= 15 is 0 Å². The quantitative estimate of drug-likeness (QED) is 0.885. The Bertz CT molecular complexity index is 600. The van der Waals surface area contributed by atoms with Gasteiger partial charge in [0.05, 0.1) is 17.5 Å². The van der Waals surface area contributed by atoms with Gasteiger partial charge in [-0.3, -0.25) is 0 Å². The van der Waals surface area contributed by atoms with E-state index in [0.717, 1.165) is 4.88 Å². The van der Waals surface area contributed by atoms with Gasteiger partial charge in [-0.05, 0) is 31.2 Å². The minimum absolute atomic E-state index is 0.0990. The first-order valence-corrected chi connectivity index (χ1v) is 7.24. The number of benzene rings is 1. The van der Waals surface area contributed by atoms with Gasteiger partial charge in [-0.15, -0.1) is 11.3 Å². The molecule has 2 rings (SSSR count). The molecule has 0 bridgehead atoms. The summed E-state index contributed by atoms with van der Waals surface area (Å²) in [5, 5.41) is 5.62. The van der Waals surface area contributed by atoms with Crippen LogP contribution in [0.25, 0.3) is 0 Å². The Morgan fingerprint density at radius 3 is 2.80 bits per heavy atom. The fraction of sp³-hybridized carbons (Fsp3) is 0.214. The zero-order valence-electron chi connectivity index (χ0n) is 11.1. The summed E-state index contributed by atoms with van der Waals surface area (Å²) in [6, 6.07) is 10.5. The van der Waals surface area contributed by atoms with Gasteiger partial charge in [-0.2, -0.15) is 0 Å². The standard InChI is InChI=1S/C14H15ClN2O2S/c1-9(12-6-7-13(15)20-12)16-14(18)17-10-4-3-5-11(8-10)19-2/h3-9H,1-2H3,(H2,16,17,18)/t9-/m0/s1. The fourth-order valence-electron chi connectivity index (χ4n) is 1.70. The second kappa shape index (κ2) is 6.63. The second-order valence-corrected chi connectivity index (χ2v) is 5.94. The van der Waals surface area contributed by atoms with E-state index in [1.54, 1.807) is 19.2 Å². The van der Waals surface area contributed by atoms with Crippen molar-refractivity contribution in [3.05, 3.63) is 45.6 Å². The monoisotopic (exact) mass is 310 g/mol. The lowest BCUT2D eigenvalue weighted by Crippen LogP contribution is -2.30. The predicted octanol–water partition coefficient (Wildman–Crippen LogP) is 4.29. The number of ether oxygens (including phenoxy) is 1. The van der Waals surface area contributed by atoms with Crippen molar-refractivity contribution in [2.45, 2.75) is 13.0 Å². The van der Waals surface area contributed by atoms with Crippen LogP contribution in [0.2, 0.25) is 4.34 Å². The highest BCUT2D eigenvalue weighted by Crippen LogP contribution is 2.26. The number of amides is 2. The van der Waals surface area contributed by atoms with Crippen molar-refractivity contribution < 1.29 is 9.53 Å².